The van der Waals surface area contributed by atoms with Gasteiger partial charge in [-0.2, -0.15) is 0 Å². The molecular weight excluding hydrogens is 302 g/mol. The number of rotatable bonds is 3. The number of hydrogen-bond acceptors (Lipinski definition) is 5. The van der Waals surface area contributed by atoms with Crippen molar-refractivity contribution in [3.8, 4) is 0 Å². The molecule has 2 atom stereocenters. The summed E-state index contributed by atoms with van der Waals surface area (Å²) in [6, 6.07) is 3.94. The summed E-state index contributed by atoms with van der Waals surface area (Å²) in [7, 11) is 1.87. The predicted octanol–water partition coefficient (Wildman–Crippen LogP) is 1.72. The average Bonchev–Trinajstić information content (AvgIpc) is 3.18. The van der Waals surface area contributed by atoms with Crippen LogP contribution in [0.1, 0.15) is 29.8 Å². The quantitative estimate of drug-likeness (QED) is 0.934. The van der Waals surface area contributed by atoms with E-state index in [1.54, 1.807) is 22.6 Å². The standard InChI is InChI=1S/C14H19N5O2S/c1-10(12-4-3-7-22-12)16-14(20)19-5-6-21-11(8-19)13-17-15-9-18(13)2/h3-4,7,9-11H,5-6,8H2,1-2H3,(H,16,20)/t10-,11-/m1/s1. The third kappa shape index (κ3) is 3.12. The summed E-state index contributed by atoms with van der Waals surface area (Å²) in [4.78, 5) is 15.3. The molecule has 2 aromatic rings. The van der Waals surface area contributed by atoms with Gasteiger partial charge in [0.15, 0.2) is 5.82 Å². The first-order valence-electron chi connectivity index (χ1n) is 7.19. The molecule has 3 heterocycles. The number of carbonyl (C=O) groups excluding carboxylic acids is 1. The van der Waals surface area contributed by atoms with Crippen LogP contribution in [0, 0.1) is 0 Å². The molecule has 118 valence electrons. The van der Waals surface area contributed by atoms with Gasteiger partial charge in [0.1, 0.15) is 12.4 Å². The van der Waals surface area contributed by atoms with Gasteiger partial charge in [0.2, 0.25) is 0 Å². The minimum atomic E-state index is -0.232. The monoisotopic (exact) mass is 321 g/mol. The van der Waals surface area contributed by atoms with E-state index in [4.69, 9.17) is 4.74 Å². The zero-order valence-corrected chi connectivity index (χ0v) is 13.4. The van der Waals surface area contributed by atoms with E-state index < -0.39 is 0 Å². The van der Waals surface area contributed by atoms with Gasteiger partial charge in [-0.05, 0) is 18.4 Å². The molecule has 7 nitrogen and oxygen atoms in total. The first-order chi connectivity index (χ1) is 10.6. The number of aromatic nitrogens is 3. The van der Waals surface area contributed by atoms with E-state index in [-0.39, 0.29) is 18.2 Å². The van der Waals surface area contributed by atoms with Gasteiger partial charge < -0.3 is 19.5 Å². The van der Waals surface area contributed by atoms with Crippen LogP contribution in [0.3, 0.4) is 0 Å². The highest BCUT2D eigenvalue weighted by atomic mass is 32.1. The second-order valence-electron chi connectivity index (χ2n) is 5.29. The van der Waals surface area contributed by atoms with Crippen LogP contribution >= 0.6 is 11.3 Å². The lowest BCUT2D eigenvalue weighted by molar-refractivity contribution is -0.0217. The Balaban J connectivity index is 1.62. The summed E-state index contributed by atoms with van der Waals surface area (Å²) in [5, 5.41) is 13.0. The first kappa shape index (κ1) is 15.0. The van der Waals surface area contributed by atoms with Crippen LogP contribution in [-0.4, -0.2) is 45.4 Å². The zero-order chi connectivity index (χ0) is 15.5. The number of nitrogens with zero attached hydrogens (tertiary/aromatic N) is 4. The maximum Gasteiger partial charge on any atom is 0.318 e. The molecule has 2 aromatic heterocycles. The fourth-order valence-electron chi connectivity index (χ4n) is 2.46. The van der Waals surface area contributed by atoms with E-state index in [1.165, 1.54) is 0 Å². The molecule has 0 unspecified atom stereocenters. The van der Waals surface area contributed by atoms with Crippen molar-refractivity contribution in [1.82, 2.24) is 25.0 Å². The van der Waals surface area contributed by atoms with Crippen LogP contribution in [0.4, 0.5) is 4.79 Å². The van der Waals surface area contributed by atoms with Crippen LogP contribution in [-0.2, 0) is 11.8 Å². The van der Waals surface area contributed by atoms with Crippen LogP contribution in [0.5, 0.6) is 0 Å². The van der Waals surface area contributed by atoms with E-state index >= 15 is 0 Å². The Kier molecular flexibility index (Phi) is 4.39. The number of aryl methyl sites for hydroxylation is 1. The van der Waals surface area contributed by atoms with Gasteiger partial charge in [0, 0.05) is 18.5 Å². The highest BCUT2D eigenvalue weighted by Gasteiger charge is 2.28. The van der Waals surface area contributed by atoms with E-state index in [9.17, 15) is 4.79 Å². The van der Waals surface area contributed by atoms with Crippen LogP contribution in [0.2, 0.25) is 0 Å². The fraction of sp³-hybridized carbons (Fsp3) is 0.500. The third-order valence-corrected chi connectivity index (χ3v) is 4.75. The van der Waals surface area contributed by atoms with Crippen molar-refractivity contribution in [2.45, 2.75) is 19.1 Å². The van der Waals surface area contributed by atoms with Gasteiger partial charge >= 0.3 is 6.03 Å². The Labute approximate surface area is 132 Å². The van der Waals surface area contributed by atoms with Gasteiger partial charge in [0.25, 0.3) is 0 Å². The average molecular weight is 321 g/mol. The van der Waals surface area contributed by atoms with Gasteiger partial charge in [-0.1, -0.05) is 6.07 Å². The number of amides is 2. The summed E-state index contributed by atoms with van der Waals surface area (Å²) < 4.78 is 7.54. The second-order valence-corrected chi connectivity index (χ2v) is 6.27. The number of thiophene rings is 1. The van der Waals surface area contributed by atoms with E-state index in [0.29, 0.717) is 19.7 Å². The summed E-state index contributed by atoms with van der Waals surface area (Å²) >= 11 is 1.64. The van der Waals surface area contributed by atoms with Crippen molar-refractivity contribution in [3.63, 3.8) is 0 Å². The molecule has 1 fully saturated rings. The molecule has 8 heteroatoms. The van der Waals surface area contributed by atoms with Crippen LogP contribution in [0.25, 0.3) is 0 Å². The van der Waals surface area contributed by atoms with E-state index in [0.717, 1.165) is 10.7 Å². The lowest BCUT2D eigenvalue weighted by atomic mass is 10.2. The number of ether oxygens (including phenoxy) is 1. The molecule has 1 saturated heterocycles. The van der Waals surface area contributed by atoms with Crippen molar-refractivity contribution in [3.05, 3.63) is 34.5 Å². The van der Waals surface area contributed by atoms with Gasteiger partial charge in [-0.15, -0.1) is 21.5 Å². The molecule has 3 rings (SSSR count). The number of hydrogen-bond donors (Lipinski definition) is 1. The molecule has 2 amide bonds. The Hall–Kier alpha value is -1.93. The molecule has 0 spiro atoms. The SMILES string of the molecule is C[C@@H](NC(=O)N1CCO[C@@H](c2nncn2C)C1)c1cccs1. The van der Waals surface area contributed by atoms with Gasteiger partial charge in [-0.25, -0.2) is 4.79 Å². The Morgan fingerprint density at radius 1 is 1.59 bits per heavy atom. The van der Waals surface area contributed by atoms with Crippen molar-refractivity contribution in [1.29, 1.82) is 0 Å². The molecule has 22 heavy (non-hydrogen) atoms. The Morgan fingerprint density at radius 2 is 2.45 bits per heavy atom. The number of morpholine rings is 1. The zero-order valence-electron chi connectivity index (χ0n) is 12.6. The number of nitrogens with one attached hydrogen (secondary N) is 1. The van der Waals surface area contributed by atoms with Gasteiger partial charge in [0.05, 0.1) is 19.2 Å². The van der Waals surface area contributed by atoms with Crippen LogP contribution < -0.4 is 5.32 Å². The molecular formula is C14H19N5O2S. The normalized spacial score (nSPS) is 19.9. The topological polar surface area (TPSA) is 72.3 Å². The maximum absolute atomic E-state index is 12.4. The van der Waals surface area contributed by atoms with Crippen molar-refractivity contribution in [2.24, 2.45) is 7.05 Å². The number of carbonyl (C=O) groups is 1. The second kappa shape index (κ2) is 6.45. The maximum atomic E-state index is 12.4. The predicted molar refractivity (Wildman–Crippen MR) is 82.5 cm³/mol. The van der Waals surface area contributed by atoms with E-state index in [1.807, 2.05) is 36.1 Å². The Bertz CT molecular complexity index is 627. The molecule has 0 aromatic carbocycles. The minimum absolute atomic E-state index is 0.00335. The molecule has 1 aliphatic rings. The summed E-state index contributed by atoms with van der Waals surface area (Å²) in [5.41, 5.74) is 0. The van der Waals surface area contributed by atoms with Crippen LogP contribution in [0.15, 0.2) is 23.8 Å². The highest BCUT2D eigenvalue weighted by Crippen LogP contribution is 2.21. The fourth-order valence-corrected chi connectivity index (χ4v) is 3.19. The largest absolute Gasteiger partial charge is 0.366 e. The van der Waals surface area contributed by atoms with Gasteiger partial charge in [-0.3, -0.25) is 0 Å². The lowest BCUT2D eigenvalue weighted by Gasteiger charge is -2.33. The highest BCUT2D eigenvalue weighted by molar-refractivity contribution is 7.10. The molecule has 1 aliphatic heterocycles. The minimum Gasteiger partial charge on any atom is -0.366 e. The summed E-state index contributed by atoms with van der Waals surface area (Å²) in [5.74, 6) is 0.740. The summed E-state index contributed by atoms with van der Waals surface area (Å²) in [6.07, 6.45) is 1.40. The van der Waals surface area contributed by atoms with Crippen molar-refractivity contribution < 1.29 is 9.53 Å². The number of urea groups is 1. The molecule has 0 aliphatic carbocycles. The molecule has 0 radical (unpaired) electrons. The van der Waals surface area contributed by atoms with Crippen molar-refractivity contribution in [2.75, 3.05) is 19.7 Å². The Morgan fingerprint density at radius 3 is 3.14 bits per heavy atom. The first-order valence-corrected chi connectivity index (χ1v) is 8.07. The van der Waals surface area contributed by atoms with Crippen molar-refractivity contribution >= 4 is 17.4 Å². The molecule has 0 saturated carbocycles. The van der Waals surface area contributed by atoms with E-state index in [2.05, 4.69) is 15.5 Å². The third-order valence-electron chi connectivity index (χ3n) is 3.70. The molecule has 1 N–H and O–H groups in total. The molecule has 0 bridgehead atoms. The summed E-state index contributed by atoms with van der Waals surface area (Å²) in [6.45, 7) is 3.55. The smallest absolute Gasteiger partial charge is 0.318 e. The lowest BCUT2D eigenvalue weighted by Crippen LogP contribution is -2.48.